The molecule has 1 N–H and O–H groups in total. The van der Waals surface area contributed by atoms with Gasteiger partial charge < -0.3 is 10.1 Å². The Bertz CT molecular complexity index is 917. The molecule has 4 rings (SSSR count). The maximum atomic E-state index is 12.9. The van der Waals surface area contributed by atoms with Gasteiger partial charge in [-0.1, -0.05) is 17.7 Å². The van der Waals surface area contributed by atoms with E-state index >= 15 is 0 Å². The molecule has 0 aromatic heterocycles. The van der Waals surface area contributed by atoms with Gasteiger partial charge in [0.25, 0.3) is 5.91 Å². The summed E-state index contributed by atoms with van der Waals surface area (Å²) >= 11 is 5.95. The number of amides is 1. The average molecular weight is 440 g/mol. The summed E-state index contributed by atoms with van der Waals surface area (Å²) in [5, 5.41) is 3.38. The first-order valence-corrected chi connectivity index (χ1v) is 11.9. The van der Waals surface area contributed by atoms with Crippen molar-refractivity contribution in [1.29, 1.82) is 0 Å². The minimum Gasteiger partial charge on any atom is -0.381 e. The van der Waals surface area contributed by atoms with Crippen LogP contribution in [0.15, 0.2) is 34.2 Å². The zero-order valence-electron chi connectivity index (χ0n) is 16.4. The van der Waals surface area contributed by atoms with Crippen LogP contribution in [0.1, 0.15) is 38.5 Å². The standard InChI is InChI=1S/C20H26ClN3O4S/c1-28-16-7-5-14(6-8-16)18-22-19(25)20(23-18)9-11-24(12-10-20)29(26,27)17-4-2-3-15(21)13-17/h2-4,13-14,16H,5-12H2,1H3,(H,22,23,25)/t14-,16+. The molecule has 1 spiro atoms. The van der Waals surface area contributed by atoms with Crippen molar-refractivity contribution < 1.29 is 17.9 Å². The molecule has 0 atom stereocenters. The summed E-state index contributed by atoms with van der Waals surface area (Å²) in [4.78, 5) is 17.7. The smallest absolute Gasteiger partial charge is 0.253 e. The molecule has 0 unspecified atom stereocenters. The molecule has 1 aromatic carbocycles. The number of ether oxygens (including phenoxy) is 1. The molecule has 158 valence electrons. The predicted molar refractivity (Wildman–Crippen MR) is 111 cm³/mol. The van der Waals surface area contributed by atoms with Gasteiger partial charge >= 0.3 is 0 Å². The summed E-state index contributed by atoms with van der Waals surface area (Å²) in [6, 6.07) is 6.27. The molecule has 9 heteroatoms. The number of hydrogen-bond donors (Lipinski definition) is 1. The van der Waals surface area contributed by atoms with Crippen LogP contribution < -0.4 is 5.32 Å². The Hall–Kier alpha value is -1.48. The molecule has 1 saturated carbocycles. The fourth-order valence-electron chi connectivity index (χ4n) is 4.52. The van der Waals surface area contributed by atoms with Crippen molar-refractivity contribution >= 4 is 33.4 Å². The number of piperidine rings is 1. The van der Waals surface area contributed by atoms with Crippen LogP contribution in [0.25, 0.3) is 0 Å². The second kappa shape index (κ2) is 7.98. The third-order valence-electron chi connectivity index (χ3n) is 6.38. The molecule has 0 bridgehead atoms. The van der Waals surface area contributed by atoms with Crippen LogP contribution in [0.3, 0.4) is 0 Å². The Morgan fingerprint density at radius 1 is 1.21 bits per heavy atom. The molecule has 2 aliphatic heterocycles. The normalized spacial score (nSPS) is 27.7. The number of carbonyl (C=O) groups is 1. The van der Waals surface area contributed by atoms with Gasteiger partial charge in [0.1, 0.15) is 11.4 Å². The minimum absolute atomic E-state index is 0.0961. The van der Waals surface area contributed by atoms with Gasteiger partial charge in [-0.2, -0.15) is 4.31 Å². The van der Waals surface area contributed by atoms with E-state index in [-0.39, 0.29) is 35.9 Å². The third kappa shape index (κ3) is 3.95. The van der Waals surface area contributed by atoms with Gasteiger partial charge in [-0.3, -0.25) is 9.79 Å². The van der Waals surface area contributed by atoms with E-state index in [1.165, 1.54) is 10.4 Å². The van der Waals surface area contributed by atoms with Gasteiger partial charge in [-0.05, 0) is 56.7 Å². The van der Waals surface area contributed by atoms with Crippen molar-refractivity contribution in [2.45, 2.75) is 55.1 Å². The Kier molecular flexibility index (Phi) is 5.72. The van der Waals surface area contributed by atoms with Crippen LogP contribution in [0.2, 0.25) is 5.02 Å². The van der Waals surface area contributed by atoms with Crippen LogP contribution >= 0.6 is 11.6 Å². The van der Waals surface area contributed by atoms with E-state index in [0.717, 1.165) is 31.5 Å². The second-order valence-electron chi connectivity index (χ2n) is 8.05. The van der Waals surface area contributed by atoms with E-state index in [9.17, 15) is 13.2 Å². The van der Waals surface area contributed by atoms with Crippen molar-refractivity contribution in [2.75, 3.05) is 20.2 Å². The maximum Gasteiger partial charge on any atom is 0.253 e. The van der Waals surface area contributed by atoms with Crippen molar-refractivity contribution in [3.05, 3.63) is 29.3 Å². The maximum absolute atomic E-state index is 12.9. The van der Waals surface area contributed by atoms with Crippen molar-refractivity contribution in [3.8, 4) is 0 Å². The molecule has 2 heterocycles. The summed E-state index contributed by atoms with van der Waals surface area (Å²) in [6.45, 7) is 0.519. The molecule has 0 radical (unpaired) electrons. The number of nitrogens with one attached hydrogen (secondary N) is 1. The SMILES string of the molecule is CO[C@H]1CC[C@@H](C2=NC3(CCN(S(=O)(=O)c4cccc(Cl)c4)CC3)C(=O)N2)CC1. The lowest BCUT2D eigenvalue weighted by Crippen LogP contribution is -2.50. The fraction of sp³-hybridized carbons (Fsp3) is 0.600. The average Bonchev–Trinajstić information content (AvgIpc) is 3.04. The first kappa shape index (κ1) is 20.8. The lowest BCUT2D eigenvalue weighted by atomic mass is 9.86. The Labute approximate surface area is 176 Å². The fourth-order valence-corrected chi connectivity index (χ4v) is 6.26. The van der Waals surface area contributed by atoms with Crippen LogP contribution in [-0.4, -0.2) is 56.3 Å². The first-order chi connectivity index (χ1) is 13.8. The number of sulfonamides is 1. The Morgan fingerprint density at radius 3 is 2.52 bits per heavy atom. The Morgan fingerprint density at radius 2 is 1.90 bits per heavy atom. The van der Waals surface area contributed by atoms with E-state index in [1.54, 1.807) is 25.3 Å². The zero-order chi connectivity index (χ0) is 20.6. The van der Waals surface area contributed by atoms with Crippen molar-refractivity contribution in [1.82, 2.24) is 9.62 Å². The number of aliphatic imine (C=N–C) groups is 1. The van der Waals surface area contributed by atoms with E-state index < -0.39 is 15.6 Å². The lowest BCUT2D eigenvalue weighted by Gasteiger charge is -2.34. The highest BCUT2D eigenvalue weighted by molar-refractivity contribution is 7.89. The molecular formula is C20H26ClN3O4S. The topological polar surface area (TPSA) is 88.1 Å². The summed E-state index contributed by atoms with van der Waals surface area (Å²) in [5.41, 5.74) is -0.839. The number of nitrogens with zero attached hydrogens (tertiary/aromatic N) is 2. The van der Waals surface area contributed by atoms with E-state index in [1.807, 2.05) is 0 Å². The molecule has 7 nitrogen and oxygen atoms in total. The number of benzene rings is 1. The summed E-state index contributed by atoms with van der Waals surface area (Å²) in [5.74, 6) is 0.926. The highest BCUT2D eigenvalue weighted by atomic mass is 35.5. The van der Waals surface area contributed by atoms with Crippen LogP contribution in [0, 0.1) is 5.92 Å². The van der Waals surface area contributed by atoms with E-state index in [0.29, 0.717) is 17.9 Å². The largest absolute Gasteiger partial charge is 0.381 e. The van der Waals surface area contributed by atoms with Gasteiger partial charge in [0.15, 0.2) is 0 Å². The highest BCUT2D eigenvalue weighted by Gasteiger charge is 2.48. The molecule has 3 aliphatic rings. The lowest BCUT2D eigenvalue weighted by molar-refractivity contribution is -0.125. The van der Waals surface area contributed by atoms with Gasteiger partial charge in [-0.25, -0.2) is 8.42 Å². The van der Waals surface area contributed by atoms with Gasteiger partial charge in [-0.15, -0.1) is 0 Å². The van der Waals surface area contributed by atoms with Crippen LogP contribution in [-0.2, 0) is 19.6 Å². The summed E-state index contributed by atoms with van der Waals surface area (Å²) in [7, 11) is -1.90. The van der Waals surface area contributed by atoms with E-state index in [4.69, 9.17) is 21.3 Å². The monoisotopic (exact) mass is 439 g/mol. The number of amidine groups is 1. The van der Waals surface area contributed by atoms with Gasteiger partial charge in [0.05, 0.1) is 11.0 Å². The molecule has 29 heavy (non-hydrogen) atoms. The second-order valence-corrected chi connectivity index (χ2v) is 10.4. The predicted octanol–water partition coefficient (Wildman–Crippen LogP) is 2.60. The number of rotatable bonds is 4. The minimum atomic E-state index is -3.64. The summed E-state index contributed by atoms with van der Waals surface area (Å²) < 4.78 is 32.7. The van der Waals surface area contributed by atoms with Crippen LogP contribution in [0.5, 0.6) is 0 Å². The number of methoxy groups -OCH3 is 1. The molecule has 1 aromatic rings. The van der Waals surface area contributed by atoms with Crippen LogP contribution in [0.4, 0.5) is 0 Å². The van der Waals surface area contributed by atoms with Gasteiger partial charge in [0, 0.05) is 31.1 Å². The quantitative estimate of drug-likeness (QED) is 0.781. The van der Waals surface area contributed by atoms with Crippen molar-refractivity contribution in [3.63, 3.8) is 0 Å². The summed E-state index contributed by atoms with van der Waals surface area (Å²) in [6.07, 6.45) is 4.89. The number of carbonyl (C=O) groups excluding carboxylic acids is 1. The first-order valence-electron chi connectivity index (χ1n) is 10.0. The molecular weight excluding hydrogens is 414 g/mol. The number of hydrogen-bond acceptors (Lipinski definition) is 5. The molecule has 1 saturated heterocycles. The zero-order valence-corrected chi connectivity index (χ0v) is 18.0. The third-order valence-corrected chi connectivity index (χ3v) is 8.51. The molecule has 2 fully saturated rings. The van der Waals surface area contributed by atoms with E-state index in [2.05, 4.69) is 5.32 Å². The number of halogens is 1. The Balaban J connectivity index is 1.45. The van der Waals surface area contributed by atoms with Gasteiger partial charge in [0.2, 0.25) is 10.0 Å². The molecule has 1 amide bonds. The molecule has 1 aliphatic carbocycles. The highest BCUT2D eigenvalue weighted by Crippen LogP contribution is 2.36. The van der Waals surface area contributed by atoms with Crippen molar-refractivity contribution in [2.24, 2.45) is 10.9 Å².